The summed E-state index contributed by atoms with van der Waals surface area (Å²) in [5.74, 6) is 0.0429. The summed E-state index contributed by atoms with van der Waals surface area (Å²) in [6.45, 7) is 6.90. The number of amides is 2. The number of imide groups is 1. The monoisotopic (exact) mass is 454 g/mol. The molecule has 34 heavy (non-hydrogen) atoms. The number of methoxy groups -OCH3 is 1. The Hall–Kier alpha value is -3.86. The summed E-state index contributed by atoms with van der Waals surface area (Å²) in [4.78, 5) is 30.6. The summed E-state index contributed by atoms with van der Waals surface area (Å²) in [5.41, 5.74) is 4.20. The average molecular weight is 455 g/mol. The van der Waals surface area contributed by atoms with Crippen molar-refractivity contribution in [2.75, 3.05) is 19.1 Å². The standard InChI is InChI=1S/C29H30N2O3/c1-29(2,3)22-13-15-23(16-14-22)31-27(32)25(21-11-17-24(34-5)18-12-21)26(28(31)33)30(4)19-20-9-7-6-8-10-20/h6-18H,19H2,1-5H3. The minimum absolute atomic E-state index is 0.0227. The highest BCUT2D eigenvalue weighted by Crippen LogP contribution is 2.36. The van der Waals surface area contributed by atoms with Gasteiger partial charge in [-0.1, -0.05) is 75.4 Å². The Bertz CT molecular complexity index is 1220. The summed E-state index contributed by atoms with van der Waals surface area (Å²) >= 11 is 0. The molecule has 1 heterocycles. The second-order valence-corrected chi connectivity index (χ2v) is 9.54. The van der Waals surface area contributed by atoms with Crippen molar-refractivity contribution in [3.63, 3.8) is 0 Å². The van der Waals surface area contributed by atoms with Crippen molar-refractivity contribution in [1.29, 1.82) is 0 Å². The molecule has 0 saturated heterocycles. The molecule has 3 aromatic carbocycles. The number of carbonyl (C=O) groups is 2. The highest BCUT2D eigenvalue weighted by Gasteiger charge is 2.41. The van der Waals surface area contributed by atoms with Crippen LogP contribution in [0.3, 0.4) is 0 Å². The van der Waals surface area contributed by atoms with Crippen LogP contribution in [0.2, 0.25) is 0 Å². The third kappa shape index (κ3) is 4.46. The first-order valence-electron chi connectivity index (χ1n) is 11.3. The Balaban J connectivity index is 1.76. The Kier molecular flexibility index (Phi) is 6.29. The van der Waals surface area contributed by atoms with Crippen LogP contribution in [-0.4, -0.2) is 30.9 Å². The molecule has 1 aliphatic heterocycles. The van der Waals surface area contributed by atoms with Gasteiger partial charge < -0.3 is 9.64 Å². The molecule has 174 valence electrons. The van der Waals surface area contributed by atoms with E-state index in [0.717, 1.165) is 11.1 Å². The second-order valence-electron chi connectivity index (χ2n) is 9.54. The molecular weight excluding hydrogens is 424 g/mol. The lowest BCUT2D eigenvalue weighted by Crippen LogP contribution is -2.34. The van der Waals surface area contributed by atoms with E-state index in [9.17, 15) is 9.59 Å². The van der Waals surface area contributed by atoms with Crippen molar-refractivity contribution in [3.8, 4) is 5.75 Å². The third-order valence-electron chi connectivity index (χ3n) is 6.07. The molecule has 0 saturated carbocycles. The fourth-order valence-electron chi connectivity index (χ4n) is 4.17. The zero-order valence-electron chi connectivity index (χ0n) is 20.3. The molecular formula is C29H30N2O3. The van der Waals surface area contributed by atoms with E-state index in [1.807, 2.05) is 78.7 Å². The van der Waals surface area contributed by atoms with Crippen LogP contribution in [0.15, 0.2) is 84.6 Å². The zero-order valence-corrected chi connectivity index (χ0v) is 20.3. The van der Waals surface area contributed by atoms with Gasteiger partial charge >= 0.3 is 0 Å². The molecule has 5 nitrogen and oxygen atoms in total. The minimum Gasteiger partial charge on any atom is -0.497 e. The minimum atomic E-state index is -0.325. The number of likely N-dealkylation sites (N-methyl/N-ethyl adjacent to an activating group) is 1. The first-order chi connectivity index (χ1) is 16.2. The van der Waals surface area contributed by atoms with Crippen LogP contribution >= 0.6 is 0 Å². The number of carbonyl (C=O) groups excluding carboxylic acids is 2. The molecule has 5 heteroatoms. The summed E-state index contributed by atoms with van der Waals surface area (Å²) in [6.07, 6.45) is 0. The molecule has 0 unspecified atom stereocenters. The van der Waals surface area contributed by atoms with E-state index in [2.05, 4.69) is 20.8 Å². The van der Waals surface area contributed by atoms with Crippen molar-refractivity contribution >= 4 is 23.1 Å². The van der Waals surface area contributed by atoms with E-state index < -0.39 is 0 Å². The summed E-state index contributed by atoms with van der Waals surface area (Å²) in [5, 5.41) is 0. The Morgan fingerprint density at radius 3 is 2.00 bits per heavy atom. The molecule has 2 amide bonds. The zero-order chi connectivity index (χ0) is 24.5. The molecule has 3 aromatic rings. The van der Waals surface area contributed by atoms with Crippen LogP contribution < -0.4 is 9.64 Å². The summed E-state index contributed by atoms with van der Waals surface area (Å²) in [6, 6.07) is 24.8. The number of nitrogens with zero attached hydrogens (tertiary/aromatic N) is 2. The lowest BCUT2D eigenvalue weighted by Gasteiger charge is -2.23. The fraction of sp³-hybridized carbons (Fsp3) is 0.241. The Morgan fingerprint density at radius 2 is 1.44 bits per heavy atom. The molecule has 0 bridgehead atoms. The van der Waals surface area contributed by atoms with E-state index in [4.69, 9.17) is 4.74 Å². The molecule has 0 fully saturated rings. The Labute approximate surface area is 201 Å². The quantitative estimate of drug-likeness (QED) is 0.468. The molecule has 1 aliphatic rings. The van der Waals surface area contributed by atoms with Gasteiger partial charge in [-0.25, -0.2) is 4.90 Å². The van der Waals surface area contributed by atoms with Crippen molar-refractivity contribution in [3.05, 3.63) is 101 Å². The maximum atomic E-state index is 13.7. The molecule has 0 atom stereocenters. The fourth-order valence-corrected chi connectivity index (χ4v) is 4.17. The van der Waals surface area contributed by atoms with Gasteiger partial charge in [-0.15, -0.1) is 0 Å². The maximum absolute atomic E-state index is 13.7. The third-order valence-corrected chi connectivity index (χ3v) is 6.07. The van der Waals surface area contributed by atoms with Crippen LogP contribution in [-0.2, 0) is 21.5 Å². The van der Waals surface area contributed by atoms with Crippen LogP contribution in [0.4, 0.5) is 5.69 Å². The number of anilines is 1. The number of ether oxygens (including phenoxy) is 1. The summed E-state index contributed by atoms with van der Waals surface area (Å²) < 4.78 is 5.27. The van der Waals surface area contributed by atoms with Crippen molar-refractivity contribution in [2.24, 2.45) is 0 Å². The highest BCUT2D eigenvalue weighted by molar-refractivity contribution is 6.45. The van der Waals surface area contributed by atoms with Gasteiger partial charge in [-0.3, -0.25) is 9.59 Å². The van der Waals surface area contributed by atoms with Gasteiger partial charge in [0.05, 0.1) is 18.4 Å². The average Bonchev–Trinajstić information content (AvgIpc) is 3.09. The van der Waals surface area contributed by atoms with Gasteiger partial charge in [0.1, 0.15) is 11.4 Å². The van der Waals surface area contributed by atoms with Gasteiger partial charge in [-0.2, -0.15) is 0 Å². The van der Waals surface area contributed by atoms with Crippen molar-refractivity contribution < 1.29 is 14.3 Å². The van der Waals surface area contributed by atoms with E-state index in [1.54, 1.807) is 19.2 Å². The van der Waals surface area contributed by atoms with E-state index >= 15 is 0 Å². The SMILES string of the molecule is COc1ccc(C2=C(N(C)Cc3ccccc3)C(=O)N(c3ccc(C(C)(C)C)cc3)C2=O)cc1. The van der Waals surface area contributed by atoms with Crippen LogP contribution in [0.25, 0.3) is 5.57 Å². The lowest BCUT2D eigenvalue weighted by atomic mass is 9.87. The smallest absolute Gasteiger partial charge is 0.282 e. The van der Waals surface area contributed by atoms with Gasteiger partial charge in [0.15, 0.2) is 0 Å². The molecule has 0 radical (unpaired) electrons. The number of hydrogen-bond acceptors (Lipinski definition) is 4. The van der Waals surface area contributed by atoms with Gasteiger partial charge in [-0.05, 0) is 46.4 Å². The van der Waals surface area contributed by atoms with Gasteiger partial charge in [0.2, 0.25) is 0 Å². The van der Waals surface area contributed by atoms with E-state index in [-0.39, 0.29) is 17.2 Å². The van der Waals surface area contributed by atoms with Crippen molar-refractivity contribution in [2.45, 2.75) is 32.7 Å². The Morgan fingerprint density at radius 1 is 0.824 bits per heavy atom. The van der Waals surface area contributed by atoms with Crippen molar-refractivity contribution in [1.82, 2.24) is 4.90 Å². The largest absolute Gasteiger partial charge is 0.497 e. The predicted octanol–water partition coefficient (Wildman–Crippen LogP) is 5.41. The number of benzene rings is 3. The first-order valence-corrected chi connectivity index (χ1v) is 11.3. The van der Waals surface area contributed by atoms with Crippen LogP contribution in [0, 0.1) is 0 Å². The number of rotatable bonds is 6. The molecule has 0 aromatic heterocycles. The molecule has 4 rings (SSSR count). The maximum Gasteiger partial charge on any atom is 0.282 e. The van der Waals surface area contributed by atoms with Gasteiger partial charge in [0.25, 0.3) is 11.8 Å². The van der Waals surface area contributed by atoms with E-state index in [0.29, 0.717) is 34.8 Å². The predicted molar refractivity (Wildman–Crippen MR) is 135 cm³/mol. The molecule has 0 N–H and O–H groups in total. The number of hydrogen-bond donors (Lipinski definition) is 0. The van der Waals surface area contributed by atoms with E-state index in [1.165, 1.54) is 4.90 Å². The van der Waals surface area contributed by atoms with Crippen LogP contribution in [0.5, 0.6) is 5.75 Å². The molecule has 0 spiro atoms. The lowest BCUT2D eigenvalue weighted by molar-refractivity contribution is -0.120. The topological polar surface area (TPSA) is 49.9 Å². The van der Waals surface area contributed by atoms with Gasteiger partial charge in [0, 0.05) is 13.6 Å². The summed E-state index contributed by atoms with van der Waals surface area (Å²) in [7, 11) is 3.45. The van der Waals surface area contributed by atoms with Crippen LogP contribution in [0.1, 0.15) is 37.5 Å². The second kappa shape index (κ2) is 9.18. The first kappa shape index (κ1) is 23.3. The molecule has 0 aliphatic carbocycles. The highest BCUT2D eigenvalue weighted by atomic mass is 16.5. The normalized spacial score (nSPS) is 14.1.